The van der Waals surface area contributed by atoms with Crippen molar-refractivity contribution in [3.8, 4) is 0 Å². The Morgan fingerprint density at radius 2 is 1.75 bits per heavy atom. The van der Waals surface area contributed by atoms with Crippen molar-refractivity contribution >= 4 is 11.8 Å². The molecule has 24 heavy (non-hydrogen) atoms. The molecular weight excluding hydrogens is 335 g/mol. The molecule has 3 heterocycles. The van der Waals surface area contributed by atoms with Crippen LogP contribution in [0.2, 0.25) is 0 Å². The molecule has 1 spiro atoms. The molecule has 3 aliphatic rings. The molecule has 1 saturated carbocycles. The minimum Gasteiger partial charge on any atom is -0.300 e. The Hall–Kier alpha value is -0.820. The Morgan fingerprint density at radius 3 is 2.25 bits per heavy atom. The first-order chi connectivity index (χ1) is 11.5. The van der Waals surface area contributed by atoms with E-state index in [9.17, 15) is 13.2 Å². The highest BCUT2D eigenvalue weighted by Gasteiger charge is 2.45. The van der Waals surface area contributed by atoms with Gasteiger partial charge in [0, 0.05) is 41.9 Å². The molecule has 1 aromatic rings. The number of hydrogen-bond acceptors (Lipinski definition) is 4. The van der Waals surface area contributed by atoms with E-state index >= 15 is 0 Å². The van der Waals surface area contributed by atoms with Crippen LogP contribution in [-0.4, -0.2) is 45.5 Å². The van der Waals surface area contributed by atoms with Crippen LogP contribution in [0.25, 0.3) is 0 Å². The lowest BCUT2D eigenvalue weighted by Crippen LogP contribution is -2.42. The first-order valence-electron chi connectivity index (χ1n) is 8.66. The Kier molecular flexibility index (Phi) is 4.27. The summed E-state index contributed by atoms with van der Waals surface area (Å²) in [7, 11) is 0. The number of rotatable bonds is 2. The zero-order valence-corrected chi connectivity index (χ0v) is 14.4. The minimum absolute atomic E-state index is 0.305. The van der Waals surface area contributed by atoms with Crippen molar-refractivity contribution in [2.75, 3.05) is 24.6 Å². The minimum atomic E-state index is -4.46. The predicted octanol–water partition coefficient (Wildman–Crippen LogP) is 3.96. The third-order valence-electron chi connectivity index (χ3n) is 5.89. The number of likely N-dealkylation sites (tertiary alicyclic amines) is 1. The summed E-state index contributed by atoms with van der Waals surface area (Å²) in [6.45, 7) is 2.47. The summed E-state index contributed by atoms with van der Waals surface area (Å²) in [6, 6.07) is 0.654. The molecule has 132 valence electrons. The van der Waals surface area contributed by atoms with Crippen LogP contribution in [0.15, 0.2) is 12.4 Å². The van der Waals surface area contributed by atoms with Gasteiger partial charge in [0.2, 0.25) is 5.82 Å². The van der Waals surface area contributed by atoms with Crippen LogP contribution in [0.1, 0.15) is 49.4 Å². The molecule has 0 amide bonds. The molecule has 3 fully saturated rings. The molecule has 4 rings (SSSR count). The zero-order chi connectivity index (χ0) is 16.8. The average Bonchev–Trinajstić information content (AvgIpc) is 3.00. The van der Waals surface area contributed by atoms with Crippen LogP contribution in [0.4, 0.5) is 13.2 Å². The van der Waals surface area contributed by atoms with E-state index in [1.165, 1.54) is 43.4 Å². The lowest BCUT2D eigenvalue weighted by atomic mass is 9.82. The van der Waals surface area contributed by atoms with Crippen molar-refractivity contribution in [3.63, 3.8) is 0 Å². The maximum atomic E-state index is 12.6. The van der Waals surface area contributed by atoms with E-state index < -0.39 is 12.0 Å². The SMILES string of the molecule is FC(F)(F)c1ncc(C2CCC(N3CCC4(CSC4)C3)CC2)cn1. The number of alkyl halides is 3. The third-order valence-corrected chi connectivity index (χ3v) is 7.53. The van der Waals surface area contributed by atoms with Crippen LogP contribution < -0.4 is 0 Å². The maximum Gasteiger partial charge on any atom is 0.451 e. The first-order valence-corrected chi connectivity index (χ1v) is 9.82. The second-order valence-corrected chi connectivity index (χ2v) is 8.54. The van der Waals surface area contributed by atoms with E-state index in [2.05, 4.69) is 26.6 Å². The van der Waals surface area contributed by atoms with Gasteiger partial charge in [-0.3, -0.25) is 4.90 Å². The summed E-state index contributed by atoms with van der Waals surface area (Å²) >= 11 is 2.06. The smallest absolute Gasteiger partial charge is 0.300 e. The summed E-state index contributed by atoms with van der Waals surface area (Å²) in [5.74, 6) is 1.91. The van der Waals surface area contributed by atoms with Gasteiger partial charge in [-0.05, 0) is 50.1 Å². The maximum absolute atomic E-state index is 12.6. The van der Waals surface area contributed by atoms with Crippen LogP contribution in [0.5, 0.6) is 0 Å². The molecule has 2 aliphatic heterocycles. The van der Waals surface area contributed by atoms with Crippen LogP contribution in [0.3, 0.4) is 0 Å². The zero-order valence-electron chi connectivity index (χ0n) is 13.6. The van der Waals surface area contributed by atoms with Crippen molar-refractivity contribution in [1.29, 1.82) is 0 Å². The van der Waals surface area contributed by atoms with Crippen molar-refractivity contribution in [2.45, 2.75) is 50.2 Å². The lowest BCUT2D eigenvalue weighted by molar-refractivity contribution is -0.145. The highest BCUT2D eigenvalue weighted by molar-refractivity contribution is 8.00. The first kappa shape index (κ1) is 16.6. The van der Waals surface area contributed by atoms with Gasteiger partial charge in [-0.25, -0.2) is 9.97 Å². The van der Waals surface area contributed by atoms with E-state index in [4.69, 9.17) is 0 Å². The molecule has 2 saturated heterocycles. The largest absolute Gasteiger partial charge is 0.451 e. The fourth-order valence-corrected chi connectivity index (χ4v) is 5.63. The molecule has 0 radical (unpaired) electrons. The third kappa shape index (κ3) is 3.17. The van der Waals surface area contributed by atoms with Gasteiger partial charge in [-0.2, -0.15) is 24.9 Å². The molecule has 0 unspecified atom stereocenters. The van der Waals surface area contributed by atoms with Gasteiger partial charge < -0.3 is 0 Å². The topological polar surface area (TPSA) is 29.0 Å². The summed E-state index contributed by atoms with van der Waals surface area (Å²) in [5, 5.41) is 0. The molecule has 7 heteroatoms. The quantitative estimate of drug-likeness (QED) is 0.801. The van der Waals surface area contributed by atoms with Gasteiger partial charge in [-0.1, -0.05) is 0 Å². The molecule has 1 aliphatic carbocycles. The summed E-state index contributed by atoms with van der Waals surface area (Å²) in [6.07, 6.45) is 3.95. The van der Waals surface area contributed by atoms with E-state index in [0.29, 0.717) is 17.4 Å². The number of halogens is 3. The van der Waals surface area contributed by atoms with E-state index in [1.807, 2.05) is 0 Å². The normalized spacial score (nSPS) is 30.5. The highest BCUT2D eigenvalue weighted by atomic mass is 32.2. The van der Waals surface area contributed by atoms with Crippen LogP contribution in [0, 0.1) is 5.41 Å². The fourth-order valence-electron chi connectivity index (χ4n) is 4.38. The van der Waals surface area contributed by atoms with Gasteiger partial charge in [0.15, 0.2) is 0 Å². The summed E-state index contributed by atoms with van der Waals surface area (Å²) in [5.41, 5.74) is 1.46. The monoisotopic (exact) mass is 357 g/mol. The molecule has 0 N–H and O–H groups in total. The standard InChI is InChI=1S/C17H22F3N3S/c18-17(19,20)15-21-7-13(8-22-15)12-1-3-14(4-2-12)23-6-5-16(9-23)10-24-11-16/h7-8,12,14H,1-6,9-11H2. The summed E-state index contributed by atoms with van der Waals surface area (Å²) in [4.78, 5) is 9.69. The predicted molar refractivity (Wildman–Crippen MR) is 88.0 cm³/mol. The highest BCUT2D eigenvalue weighted by Crippen LogP contribution is 2.47. The number of thioether (sulfide) groups is 1. The molecule has 0 aromatic carbocycles. The second-order valence-electron chi connectivity index (χ2n) is 7.56. The molecular formula is C17H22F3N3S. The number of aromatic nitrogens is 2. The van der Waals surface area contributed by atoms with E-state index in [1.54, 1.807) is 0 Å². The summed E-state index contributed by atoms with van der Waals surface area (Å²) < 4.78 is 37.7. The van der Waals surface area contributed by atoms with E-state index in [0.717, 1.165) is 31.2 Å². The Morgan fingerprint density at radius 1 is 1.08 bits per heavy atom. The molecule has 0 bridgehead atoms. The van der Waals surface area contributed by atoms with Gasteiger partial charge in [0.25, 0.3) is 0 Å². The Balaban J connectivity index is 1.33. The van der Waals surface area contributed by atoms with Crippen molar-refractivity contribution in [2.24, 2.45) is 5.41 Å². The van der Waals surface area contributed by atoms with Crippen molar-refractivity contribution in [1.82, 2.24) is 14.9 Å². The van der Waals surface area contributed by atoms with Crippen LogP contribution in [-0.2, 0) is 6.18 Å². The van der Waals surface area contributed by atoms with Gasteiger partial charge in [-0.15, -0.1) is 0 Å². The lowest BCUT2D eigenvalue weighted by Gasteiger charge is -2.40. The van der Waals surface area contributed by atoms with Crippen LogP contribution >= 0.6 is 11.8 Å². The second kappa shape index (κ2) is 6.16. The van der Waals surface area contributed by atoms with Crippen molar-refractivity contribution < 1.29 is 13.2 Å². The fraction of sp³-hybridized carbons (Fsp3) is 0.765. The molecule has 0 atom stereocenters. The van der Waals surface area contributed by atoms with Crippen molar-refractivity contribution in [3.05, 3.63) is 23.8 Å². The number of hydrogen-bond donors (Lipinski definition) is 0. The van der Waals surface area contributed by atoms with Gasteiger partial charge >= 0.3 is 6.18 Å². The van der Waals surface area contributed by atoms with E-state index in [-0.39, 0.29) is 0 Å². The Labute approximate surface area is 144 Å². The van der Waals surface area contributed by atoms with Gasteiger partial charge in [0.1, 0.15) is 0 Å². The molecule has 3 nitrogen and oxygen atoms in total. The van der Waals surface area contributed by atoms with Gasteiger partial charge in [0.05, 0.1) is 0 Å². The number of nitrogens with zero attached hydrogens (tertiary/aromatic N) is 3. The molecule has 1 aromatic heterocycles. The average molecular weight is 357 g/mol. The Bertz CT molecular complexity index is 578.